The molecule has 132 valence electrons. The summed E-state index contributed by atoms with van der Waals surface area (Å²) in [5.41, 5.74) is 0. The normalized spacial score (nSPS) is 11.1. The van der Waals surface area contributed by atoms with Crippen LogP contribution in [0, 0.1) is 5.82 Å². The van der Waals surface area contributed by atoms with Crippen LogP contribution in [-0.4, -0.2) is 52.4 Å². The van der Waals surface area contributed by atoms with Gasteiger partial charge in [0.1, 0.15) is 5.82 Å². The molecule has 0 atom stereocenters. The summed E-state index contributed by atoms with van der Waals surface area (Å²) in [5, 5.41) is 5.63. The monoisotopic (exact) mass is 367 g/mol. The highest BCUT2D eigenvalue weighted by Gasteiger charge is 2.20. The van der Waals surface area contributed by atoms with Crippen molar-refractivity contribution in [3.63, 3.8) is 0 Å². The van der Waals surface area contributed by atoms with Crippen molar-refractivity contribution in [3.05, 3.63) is 30.1 Å². The van der Waals surface area contributed by atoms with Crippen LogP contribution in [0.3, 0.4) is 0 Å². The first-order chi connectivity index (χ1) is 10.4. The number of nitrogens with one attached hydrogen (secondary N) is 2. The number of rotatable bonds is 9. The van der Waals surface area contributed by atoms with Gasteiger partial charge in [0.2, 0.25) is 15.9 Å². The molecule has 23 heavy (non-hydrogen) atoms. The lowest BCUT2D eigenvalue weighted by atomic mass is 10.3. The molecule has 9 heteroatoms. The SMILES string of the molecule is CNCCNC(=O)CCCN(C)S(=O)(=O)c1ccc(F)cc1.Cl. The smallest absolute Gasteiger partial charge is 0.242 e. The van der Waals surface area contributed by atoms with Crippen LogP contribution in [0.5, 0.6) is 0 Å². The van der Waals surface area contributed by atoms with Crippen LogP contribution in [0.4, 0.5) is 4.39 Å². The molecule has 1 amide bonds. The van der Waals surface area contributed by atoms with Gasteiger partial charge in [-0.25, -0.2) is 17.1 Å². The fourth-order valence-corrected chi connectivity index (χ4v) is 2.99. The van der Waals surface area contributed by atoms with Gasteiger partial charge in [-0.3, -0.25) is 4.79 Å². The molecule has 6 nitrogen and oxygen atoms in total. The van der Waals surface area contributed by atoms with Crippen molar-refractivity contribution < 1.29 is 17.6 Å². The third kappa shape index (κ3) is 7.26. The second-order valence-electron chi connectivity index (χ2n) is 4.84. The maximum Gasteiger partial charge on any atom is 0.242 e. The molecule has 0 aliphatic heterocycles. The van der Waals surface area contributed by atoms with Crippen molar-refractivity contribution in [1.29, 1.82) is 0 Å². The predicted molar refractivity (Wildman–Crippen MR) is 89.6 cm³/mol. The van der Waals surface area contributed by atoms with E-state index in [4.69, 9.17) is 0 Å². The Kier molecular flexibility index (Phi) is 9.98. The zero-order chi connectivity index (χ0) is 16.6. The Labute approximate surface area is 142 Å². The summed E-state index contributed by atoms with van der Waals surface area (Å²) in [7, 11) is -0.414. The standard InChI is InChI=1S/C14H22FN3O3S.ClH/c1-16-9-10-17-14(19)4-3-11-18(2)22(20,21)13-7-5-12(15)6-8-13;/h5-8,16H,3-4,9-11H2,1-2H3,(H,17,19);1H. The van der Waals surface area contributed by atoms with E-state index < -0.39 is 15.8 Å². The minimum atomic E-state index is -3.65. The number of halogens is 2. The summed E-state index contributed by atoms with van der Waals surface area (Å²) in [6.45, 7) is 1.45. The molecule has 0 bridgehead atoms. The number of amides is 1. The van der Waals surface area contributed by atoms with E-state index >= 15 is 0 Å². The van der Waals surface area contributed by atoms with Crippen molar-refractivity contribution in [1.82, 2.24) is 14.9 Å². The van der Waals surface area contributed by atoms with Crippen LogP contribution in [0.1, 0.15) is 12.8 Å². The molecule has 0 radical (unpaired) electrons. The molecule has 0 aliphatic rings. The Balaban J connectivity index is 0.00000484. The summed E-state index contributed by atoms with van der Waals surface area (Å²) in [6, 6.07) is 4.67. The first-order valence-corrected chi connectivity index (χ1v) is 8.45. The van der Waals surface area contributed by atoms with Gasteiger partial charge in [0, 0.05) is 33.1 Å². The highest BCUT2D eigenvalue weighted by atomic mass is 35.5. The summed E-state index contributed by atoms with van der Waals surface area (Å²) in [4.78, 5) is 11.5. The van der Waals surface area contributed by atoms with Crippen LogP contribution in [0.2, 0.25) is 0 Å². The Morgan fingerprint density at radius 2 is 1.83 bits per heavy atom. The molecule has 0 spiro atoms. The second-order valence-corrected chi connectivity index (χ2v) is 6.88. The van der Waals surface area contributed by atoms with Gasteiger partial charge >= 0.3 is 0 Å². The van der Waals surface area contributed by atoms with Crippen molar-refractivity contribution in [3.8, 4) is 0 Å². The Hall–Kier alpha value is -1.22. The lowest BCUT2D eigenvalue weighted by Gasteiger charge is -2.17. The number of benzene rings is 1. The number of carbonyl (C=O) groups is 1. The second kappa shape index (κ2) is 10.5. The minimum absolute atomic E-state index is 0. The summed E-state index contributed by atoms with van der Waals surface area (Å²) < 4.78 is 38.5. The first kappa shape index (κ1) is 21.8. The van der Waals surface area contributed by atoms with Gasteiger partial charge < -0.3 is 10.6 Å². The van der Waals surface area contributed by atoms with Gasteiger partial charge in [0.05, 0.1) is 4.90 Å². The number of nitrogens with zero attached hydrogens (tertiary/aromatic N) is 1. The van der Waals surface area contributed by atoms with Gasteiger partial charge in [0.25, 0.3) is 0 Å². The van der Waals surface area contributed by atoms with E-state index in [0.29, 0.717) is 19.5 Å². The summed E-state index contributed by atoms with van der Waals surface area (Å²) in [5.74, 6) is -0.595. The first-order valence-electron chi connectivity index (χ1n) is 7.01. The molecular weight excluding hydrogens is 345 g/mol. The van der Waals surface area contributed by atoms with E-state index in [1.165, 1.54) is 23.5 Å². The average Bonchev–Trinajstić information content (AvgIpc) is 2.47. The van der Waals surface area contributed by atoms with Crippen molar-refractivity contribution in [2.45, 2.75) is 17.7 Å². The molecule has 1 aromatic carbocycles. The van der Waals surface area contributed by atoms with E-state index in [2.05, 4.69) is 10.6 Å². The lowest BCUT2D eigenvalue weighted by Crippen LogP contribution is -2.32. The zero-order valence-corrected chi connectivity index (χ0v) is 14.8. The third-order valence-electron chi connectivity index (χ3n) is 3.10. The summed E-state index contributed by atoms with van der Waals surface area (Å²) in [6.07, 6.45) is 0.676. The number of likely N-dealkylation sites (N-methyl/N-ethyl adjacent to an activating group) is 1. The molecule has 2 N–H and O–H groups in total. The number of carbonyl (C=O) groups excluding carboxylic acids is 1. The fourth-order valence-electron chi connectivity index (χ4n) is 1.78. The molecule has 1 aromatic rings. The van der Waals surface area contributed by atoms with E-state index in [9.17, 15) is 17.6 Å². The zero-order valence-electron chi connectivity index (χ0n) is 13.2. The lowest BCUT2D eigenvalue weighted by molar-refractivity contribution is -0.121. The molecule has 0 fully saturated rings. The number of sulfonamides is 1. The molecular formula is C14H23ClFN3O3S. The van der Waals surface area contributed by atoms with Crippen molar-refractivity contribution in [2.75, 3.05) is 33.7 Å². The largest absolute Gasteiger partial charge is 0.355 e. The average molecular weight is 368 g/mol. The predicted octanol–water partition coefficient (Wildman–Crippen LogP) is 0.984. The van der Waals surface area contributed by atoms with E-state index in [-0.39, 0.29) is 36.2 Å². The Morgan fingerprint density at radius 3 is 2.39 bits per heavy atom. The third-order valence-corrected chi connectivity index (χ3v) is 4.97. The molecule has 1 rings (SSSR count). The summed E-state index contributed by atoms with van der Waals surface area (Å²) >= 11 is 0. The Bertz CT molecular complexity index is 581. The minimum Gasteiger partial charge on any atom is -0.355 e. The van der Waals surface area contributed by atoms with Crippen LogP contribution in [-0.2, 0) is 14.8 Å². The number of hydrogen-bond acceptors (Lipinski definition) is 4. The number of hydrogen-bond donors (Lipinski definition) is 2. The quantitative estimate of drug-likeness (QED) is 0.638. The molecule has 0 heterocycles. The fraction of sp³-hybridized carbons (Fsp3) is 0.500. The van der Waals surface area contributed by atoms with Crippen molar-refractivity contribution in [2.24, 2.45) is 0 Å². The van der Waals surface area contributed by atoms with Crippen LogP contribution in [0.25, 0.3) is 0 Å². The van der Waals surface area contributed by atoms with Gasteiger partial charge in [-0.2, -0.15) is 0 Å². The highest BCUT2D eigenvalue weighted by molar-refractivity contribution is 7.89. The molecule has 0 unspecified atom stereocenters. The molecule has 0 aliphatic carbocycles. The molecule has 0 saturated carbocycles. The molecule has 0 saturated heterocycles. The van der Waals surface area contributed by atoms with Gasteiger partial charge in [-0.05, 0) is 37.7 Å². The van der Waals surface area contributed by atoms with E-state index in [1.54, 1.807) is 7.05 Å². The maximum absolute atomic E-state index is 12.8. The maximum atomic E-state index is 12.8. The van der Waals surface area contributed by atoms with Crippen LogP contribution < -0.4 is 10.6 Å². The topological polar surface area (TPSA) is 78.5 Å². The molecule has 0 aromatic heterocycles. The van der Waals surface area contributed by atoms with Crippen molar-refractivity contribution >= 4 is 28.3 Å². The van der Waals surface area contributed by atoms with E-state index in [1.807, 2.05) is 0 Å². The Morgan fingerprint density at radius 1 is 1.22 bits per heavy atom. The van der Waals surface area contributed by atoms with Crippen LogP contribution in [0.15, 0.2) is 29.2 Å². The van der Waals surface area contributed by atoms with Gasteiger partial charge in [0.15, 0.2) is 0 Å². The van der Waals surface area contributed by atoms with Gasteiger partial charge in [-0.1, -0.05) is 0 Å². The van der Waals surface area contributed by atoms with Gasteiger partial charge in [-0.15, -0.1) is 12.4 Å². The van der Waals surface area contributed by atoms with E-state index in [0.717, 1.165) is 12.1 Å². The highest BCUT2D eigenvalue weighted by Crippen LogP contribution is 2.15. The van der Waals surface area contributed by atoms with Crippen LogP contribution >= 0.6 is 12.4 Å².